The number of amides is 3. The minimum Gasteiger partial charge on any atom is -0.365 e. The molecule has 7 N–H and O–H groups in total. The van der Waals surface area contributed by atoms with Crippen LogP contribution in [0.25, 0.3) is 0 Å². The molecule has 126 valence electrons. The summed E-state index contributed by atoms with van der Waals surface area (Å²) in [6.45, 7) is 2.65. The first-order chi connectivity index (χ1) is 11.5. The van der Waals surface area contributed by atoms with Gasteiger partial charge in [0.15, 0.2) is 0 Å². The lowest BCUT2D eigenvalue weighted by atomic mass is 10.2. The van der Waals surface area contributed by atoms with Gasteiger partial charge in [-0.05, 0) is 24.6 Å². The van der Waals surface area contributed by atoms with Crippen molar-refractivity contribution < 1.29 is 9.59 Å². The van der Waals surface area contributed by atoms with Crippen molar-refractivity contribution in [3.63, 3.8) is 0 Å². The first kappa shape index (κ1) is 17.0. The van der Waals surface area contributed by atoms with Crippen LogP contribution in [0, 0.1) is 6.92 Å². The highest BCUT2D eigenvalue weighted by Gasteiger charge is 2.12. The lowest BCUT2D eigenvalue weighted by molar-refractivity contribution is 0.100. The van der Waals surface area contributed by atoms with Crippen LogP contribution in [0.1, 0.15) is 15.9 Å². The van der Waals surface area contributed by atoms with Crippen LogP contribution in [0.15, 0.2) is 30.5 Å². The maximum Gasteiger partial charge on any atom is 0.312 e. The minimum absolute atomic E-state index is 0.178. The van der Waals surface area contributed by atoms with Gasteiger partial charge in [-0.2, -0.15) is 4.98 Å². The van der Waals surface area contributed by atoms with Crippen molar-refractivity contribution in [1.29, 1.82) is 0 Å². The van der Waals surface area contributed by atoms with E-state index in [4.69, 9.17) is 11.5 Å². The van der Waals surface area contributed by atoms with Crippen molar-refractivity contribution in [2.75, 3.05) is 23.7 Å². The van der Waals surface area contributed by atoms with Crippen LogP contribution < -0.4 is 27.4 Å². The first-order valence-corrected chi connectivity index (χ1v) is 7.23. The highest BCUT2D eigenvalue weighted by molar-refractivity contribution is 5.98. The van der Waals surface area contributed by atoms with Gasteiger partial charge >= 0.3 is 6.03 Å². The third kappa shape index (κ3) is 4.83. The summed E-state index contributed by atoms with van der Waals surface area (Å²) in [5.74, 6) is -0.0398. The summed E-state index contributed by atoms with van der Waals surface area (Å²) in [7, 11) is 0. The largest absolute Gasteiger partial charge is 0.365 e. The second-order valence-corrected chi connectivity index (χ2v) is 5.03. The molecule has 2 rings (SSSR count). The second-order valence-electron chi connectivity index (χ2n) is 5.03. The summed E-state index contributed by atoms with van der Waals surface area (Å²) in [5.41, 5.74) is 12.4. The number of nitrogens with one attached hydrogen (secondary N) is 3. The number of nitrogens with zero attached hydrogens (tertiary/aromatic N) is 2. The molecule has 0 unspecified atom stereocenters. The number of nitrogens with two attached hydrogens (primary N) is 2. The fraction of sp³-hybridized carbons (Fsp3) is 0.200. The number of aromatic nitrogens is 2. The maximum atomic E-state index is 11.5. The van der Waals surface area contributed by atoms with Crippen LogP contribution in [0.5, 0.6) is 0 Å². The molecular formula is C15H19N7O2. The van der Waals surface area contributed by atoms with E-state index in [0.29, 0.717) is 24.9 Å². The first-order valence-electron chi connectivity index (χ1n) is 7.23. The van der Waals surface area contributed by atoms with Crippen molar-refractivity contribution in [1.82, 2.24) is 15.3 Å². The van der Waals surface area contributed by atoms with Crippen molar-refractivity contribution in [3.8, 4) is 0 Å². The van der Waals surface area contributed by atoms with Crippen molar-refractivity contribution in [2.24, 2.45) is 11.5 Å². The monoisotopic (exact) mass is 329 g/mol. The molecule has 0 aliphatic heterocycles. The Labute approximate surface area is 138 Å². The quantitative estimate of drug-likeness (QED) is 0.472. The number of hydrogen-bond donors (Lipinski definition) is 5. The molecule has 9 nitrogen and oxygen atoms in total. The van der Waals surface area contributed by atoms with Gasteiger partial charge in [-0.25, -0.2) is 9.78 Å². The van der Waals surface area contributed by atoms with E-state index in [1.807, 2.05) is 31.2 Å². The molecule has 1 aromatic carbocycles. The summed E-state index contributed by atoms with van der Waals surface area (Å²) in [4.78, 5) is 30.4. The molecule has 0 saturated carbocycles. The van der Waals surface area contributed by atoms with E-state index in [1.165, 1.54) is 6.20 Å². The summed E-state index contributed by atoms with van der Waals surface area (Å²) >= 11 is 0. The molecule has 0 fully saturated rings. The van der Waals surface area contributed by atoms with Gasteiger partial charge in [0, 0.05) is 25.0 Å². The maximum absolute atomic E-state index is 11.5. The number of anilines is 3. The van der Waals surface area contributed by atoms with Crippen LogP contribution in [-0.4, -0.2) is 35.0 Å². The molecular weight excluding hydrogens is 310 g/mol. The fourth-order valence-electron chi connectivity index (χ4n) is 1.96. The number of carbonyl (C=O) groups excluding carboxylic acids is 2. The van der Waals surface area contributed by atoms with Crippen LogP contribution >= 0.6 is 0 Å². The van der Waals surface area contributed by atoms with Gasteiger partial charge in [0.1, 0.15) is 11.4 Å². The zero-order valence-electron chi connectivity index (χ0n) is 13.2. The molecule has 0 aliphatic rings. The van der Waals surface area contributed by atoms with Crippen molar-refractivity contribution in [3.05, 3.63) is 41.6 Å². The van der Waals surface area contributed by atoms with E-state index < -0.39 is 11.9 Å². The van der Waals surface area contributed by atoms with E-state index >= 15 is 0 Å². The Morgan fingerprint density at radius 2 is 2.00 bits per heavy atom. The average molecular weight is 329 g/mol. The second kappa shape index (κ2) is 7.77. The van der Waals surface area contributed by atoms with Gasteiger partial charge in [0.25, 0.3) is 5.91 Å². The van der Waals surface area contributed by atoms with Gasteiger partial charge in [-0.3, -0.25) is 4.79 Å². The molecule has 0 spiro atoms. The molecule has 0 saturated heterocycles. The SMILES string of the molecule is Cc1cccc(Nc2nc(NCCNC(N)=O)ncc2C(N)=O)c1. The van der Waals surface area contributed by atoms with Gasteiger partial charge < -0.3 is 27.4 Å². The van der Waals surface area contributed by atoms with E-state index in [2.05, 4.69) is 25.9 Å². The van der Waals surface area contributed by atoms with Crippen molar-refractivity contribution >= 4 is 29.4 Å². The molecule has 0 bridgehead atoms. The van der Waals surface area contributed by atoms with E-state index in [-0.39, 0.29) is 5.56 Å². The van der Waals surface area contributed by atoms with Gasteiger partial charge in [0.05, 0.1) is 0 Å². The van der Waals surface area contributed by atoms with Gasteiger partial charge in [-0.15, -0.1) is 0 Å². The summed E-state index contributed by atoms with van der Waals surface area (Å²) in [6, 6.07) is 7.00. The summed E-state index contributed by atoms with van der Waals surface area (Å²) < 4.78 is 0. The third-order valence-electron chi connectivity index (χ3n) is 3.04. The summed E-state index contributed by atoms with van der Waals surface area (Å²) in [5, 5.41) is 8.42. The van der Waals surface area contributed by atoms with Crippen LogP contribution in [0.4, 0.5) is 22.2 Å². The molecule has 3 amide bonds. The number of urea groups is 1. The molecule has 2 aromatic rings. The Hall–Kier alpha value is -3.36. The number of hydrogen-bond acceptors (Lipinski definition) is 6. The van der Waals surface area contributed by atoms with Gasteiger partial charge in [0.2, 0.25) is 5.95 Å². The minimum atomic E-state index is -0.632. The molecule has 0 atom stereocenters. The molecule has 0 aliphatic carbocycles. The Balaban J connectivity index is 2.15. The summed E-state index contributed by atoms with van der Waals surface area (Å²) in [6.07, 6.45) is 1.34. The number of aryl methyl sites for hydroxylation is 1. The molecule has 0 radical (unpaired) electrons. The normalized spacial score (nSPS) is 10.0. The lowest BCUT2D eigenvalue weighted by Crippen LogP contribution is -2.33. The van der Waals surface area contributed by atoms with Gasteiger partial charge in [-0.1, -0.05) is 12.1 Å². The zero-order chi connectivity index (χ0) is 17.5. The predicted octanol–water partition coefficient (Wildman–Crippen LogP) is 0.708. The van der Waals surface area contributed by atoms with E-state index in [9.17, 15) is 9.59 Å². The smallest absolute Gasteiger partial charge is 0.312 e. The lowest BCUT2D eigenvalue weighted by Gasteiger charge is -2.12. The Kier molecular flexibility index (Phi) is 5.50. The van der Waals surface area contributed by atoms with E-state index in [1.54, 1.807) is 0 Å². The van der Waals surface area contributed by atoms with E-state index in [0.717, 1.165) is 11.3 Å². The zero-order valence-corrected chi connectivity index (χ0v) is 13.2. The van der Waals surface area contributed by atoms with Crippen molar-refractivity contribution in [2.45, 2.75) is 6.92 Å². The Morgan fingerprint density at radius 3 is 2.67 bits per heavy atom. The number of carbonyl (C=O) groups is 2. The number of rotatable bonds is 7. The number of benzene rings is 1. The standard InChI is InChI=1S/C15H19N7O2/c1-9-3-2-4-10(7-9)21-13-11(12(16)23)8-20-15(22-13)19-6-5-18-14(17)24/h2-4,7-8H,5-6H2,1H3,(H2,16,23)(H3,17,18,24)(H2,19,20,21,22). The van der Waals surface area contributed by atoms with Crippen LogP contribution in [-0.2, 0) is 0 Å². The topological polar surface area (TPSA) is 148 Å². The highest BCUT2D eigenvalue weighted by Crippen LogP contribution is 2.20. The Morgan fingerprint density at radius 1 is 1.21 bits per heavy atom. The average Bonchev–Trinajstić information content (AvgIpc) is 2.51. The predicted molar refractivity (Wildman–Crippen MR) is 91.1 cm³/mol. The third-order valence-corrected chi connectivity index (χ3v) is 3.04. The fourth-order valence-corrected chi connectivity index (χ4v) is 1.96. The Bertz CT molecular complexity index is 748. The molecule has 1 heterocycles. The molecule has 1 aromatic heterocycles. The molecule has 24 heavy (non-hydrogen) atoms. The van der Waals surface area contributed by atoms with Crippen LogP contribution in [0.2, 0.25) is 0 Å². The molecule has 9 heteroatoms. The number of primary amides is 2. The van der Waals surface area contributed by atoms with Crippen LogP contribution in [0.3, 0.4) is 0 Å². The highest BCUT2D eigenvalue weighted by atomic mass is 16.2.